The molecule has 2 rings (SSSR count). The van der Waals surface area contributed by atoms with Crippen molar-refractivity contribution in [3.63, 3.8) is 0 Å². The molecule has 1 saturated carbocycles. The molecule has 0 aromatic heterocycles. The van der Waals surface area contributed by atoms with Gasteiger partial charge in [0.25, 0.3) is 0 Å². The van der Waals surface area contributed by atoms with Crippen LogP contribution >= 0.6 is 0 Å². The zero-order valence-electron chi connectivity index (χ0n) is 13.7. The number of rotatable bonds is 4. The van der Waals surface area contributed by atoms with Crippen molar-refractivity contribution >= 4 is 0 Å². The molecule has 112 valence electrons. The van der Waals surface area contributed by atoms with E-state index in [1.807, 2.05) is 0 Å². The standard InChI is InChI=1S/C17H34N2/c1-6-9-18-15-7-8-17(4,5)10-16(15)19-11-13(2)14(3)12-19/h13-16,18H,6-12H2,1-5H3. The van der Waals surface area contributed by atoms with Crippen LogP contribution < -0.4 is 5.32 Å². The number of hydrogen-bond donors (Lipinski definition) is 1. The van der Waals surface area contributed by atoms with E-state index in [4.69, 9.17) is 0 Å². The van der Waals surface area contributed by atoms with Gasteiger partial charge in [-0.2, -0.15) is 0 Å². The van der Waals surface area contributed by atoms with Crippen LogP contribution in [0.15, 0.2) is 0 Å². The molecule has 0 aromatic rings. The van der Waals surface area contributed by atoms with Gasteiger partial charge in [-0.05, 0) is 49.5 Å². The van der Waals surface area contributed by atoms with Gasteiger partial charge in [0.15, 0.2) is 0 Å². The fourth-order valence-corrected chi connectivity index (χ4v) is 3.95. The van der Waals surface area contributed by atoms with Gasteiger partial charge in [-0.15, -0.1) is 0 Å². The van der Waals surface area contributed by atoms with Crippen molar-refractivity contribution < 1.29 is 0 Å². The van der Waals surface area contributed by atoms with Crippen LogP contribution in [-0.2, 0) is 0 Å². The van der Waals surface area contributed by atoms with Crippen molar-refractivity contribution in [2.45, 2.75) is 72.4 Å². The molecule has 2 aliphatic rings. The molecule has 0 amide bonds. The van der Waals surface area contributed by atoms with E-state index in [1.165, 1.54) is 45.3 Å². The molecule has 1 N–H and O–H groups in total. The van der Waals surface area contributed by atoms with E-state index in [-0.39, 0.29) is 0 Å². The van der Waals surface area contributed by atoms with Gasteiger partial charge >= 0.3 is 0 Å². The highest BCUT2D eigenvalue weighted by Gasteiger charge is 2.40. The van der Waals surface area contributed by atoms with Crippen molar-refractivity contribution in [3.05, 3.63) is 0 Å². The average Bonchev–Trinajstić information content (AvgIpc) is 2.67. The first-order valence-corrected chi connectivity index (χ1v) is 8.40. The van der Waals surface area contributed by atoms with Crippen molar-refractivity contribution in [3.8, 4) is 0 Å². The fraction of sp³-hybridized carbons (Fsp3) is 1.00. The van der Waals surface area contributed by atoms with Crippen LogP contribution in [0.3, 0.4) is 0 Å². The summed E-state index contributed by atoms with van der Waals surface area (Å²) >= 11 is 0. The van der Waals surface area contributed by atoms with Crippen LogP contribution in [0.25, 0.3) is 0 Å². The molecular formula is C17H34N2. The molecule has 19 heavy (non-hydrogen) atoms. The minimum absolute atomic E-state index is 0.532. The zero-order chi connectivity index (χ0) is 14.0. The van der Waals surface area contributed by atoms with Crippen LogP contribution in [0.1, 0.15) is 60.3 Å². The average molecular weight is 266 g/mol. The lowest BCUT2D eigenvalue weighted by Crippen LogP contribution is -2.54. The molecule has 2 heteroatoms. The molecular weight excluding hydrogens is 232 g/mol. The minimum atomic E-state index is 0.532. The van der Waals surface area contributed by atoms with Gasteiger partial charge in [-0.1, -0.05) is 34.6 Å². The second-order valence-electron chi connectivity index (χ2n) is 7.94. The fourth-order valence-electron chi connectivity index (χ4n) is 3.95. The summed E-state index contributed by atoms with van der Waals surface area (Å²) < 4.78 is 0. The maximum Gasteiger partial charge on any atom is 0.0254 e. The van der Waals surface area contributed by atoms with Crippen LogP contribution in [0.2, 0.25) is 0 Å². The highest BCUT2D eigenvalue weighted by molar-refractivity contribution is 4.97. The Morgan fingerprint density at radius 1 is 1.16 bits per heavy atom. The van der Waals surface area contributed by atoms with Gasteiger partial charge in [-0.3, -0.25) is 4.90 Å². The van der Waals surface area contributed by atoms with Crippen molar-refractivity contribution in [1.29, 1.82) is 0 Å². The topological polar surface area (TPSA) is 15.3 Å². The van der Waals surface area contributed by atoms with Gasteiger partial charge in [0.1, 0.15) is 0 Å². The smallest absolute Gasteiger partial charge is 0.0254 e. The molecule has 4 atom stereocenters. The first-order chi connectivity index (χ1) is 8.93. The summed E-state index contributed by atoms with van der Waals surface area (Å²) in [6, 6.07) is 1.49. The molecule has 2 nitrogen and oxygen atoms in total. The molecule has 1 aliphatic carbocycles. The summed E-state index contributed by atoms with van der Waals surface area (Å²) in [7, 11) is 0. The minimum Gasteiger partial charge on any atom is -0.312 e. The Morgan fingerprint density at radius 3 is 2.37 bits per heavy atom. The molecule has 0 spiro atoms. The van der Waals surface area contributed by atoms with Gasteiger partial charge < -0.3 is 5.32 Å². The number of nitrogens with one attached hydrogen (secondary N) is 1. The predicted molar refractivity (Wildman–Crippen MR) is 83.4 cm³/mol. The number of hydrogen-bond acceptors (Lipinski definition) is 2. The van der Waals surface area contributed by atoms with E-state index in [9.17, 15) is 0 Å². The highest BCUT2D eigenvalue weighted by atomic mass is 15.2. The van der Waals surface area contributed by atoms with Crippen molar-refractivity contribution in [1.82, 2.24) is 10.2 Å². The Kier molecular flexibility index (Phi) is 4.94. The molecule has 1 aliphatic heterocycles. The lowest BCUT2D eigenvalue weighted by atomic mass is 9.72. The summed E-state index contributed by atoms with van der Waals surface area (Å²) in [5.41, 5.74) is 0.532. The summed E-state index contributed by atoms with van der Waals surface area (Å²) in [6.07, 6.45) is 5.36. The van der Waals surface area contributed by atoms with Gasteiger partial charge in [0.2, 0.25) is 0 Å². The monoisotopic (exact) mass is 266 g/mol. The predicted octanol–water partition coefficient (Wildman–Crippen LogP) is 3.52. The molecule has 2 fully saturated rings. The van der Waals surface area contributed by atoms with E-state index in [0.717, 1.165) is 23.9 Å². The second-order valence-corrected chi connectivity index (χ2v) is 7.94. The molecule has 0 aromatic carbocycles. The quantitative estimate of drug-likeness (QED) is 0.837. The Bertz CT molecular complexity index is 277. The van der Waals surface area contributed by atoms with E-state index in [2.05, 4.69) is 44.8 Å². The SMILES string of the molecule is CCCNC1CCC(C)(C)CC1N1CC(C)C(C)C1. The van der Waals surface area contributed by atoms with Crippen molar-refractivity contribution in [2.24, 2.45) is 17.3 Å². The summed E-state index contributed by atoms with van der Waals surface area (Å²) in [5.74, 6) is 1.74. The van der Waals surface area contributed by atoms with Crippen LogP contribution in [0.4, 0.5) is 0 Å². The second kappa shape index (κ2) is 6.13. The highest BCUT2D eigenvalue weighted by Crippen LogP contribution is 2.39. The van der Waals surface area contributed by atoms with E-state index >= 15 is 0 Å². The van der Waals surface area contributed by atoms with E-state index in [1.54, 1.807) is 0 Å². The third-order valence-electron chi connectivity index (χ3n) is 5.50. The third-order valence-corrected chi connectivity index (χ3v) is 5.50. The van der Waals surface area contributed by atoms with Crippen LogP contribution in [0, 0.1) is 17.3 Å². The zero-order valence-corrected chi connectivity index (χ0v) is 13.7. The Labute approximate surface area is 120 Å². The van der Waals surface area contributed by atoms with E-state index < -0.39 is 0 Å². The number of likely N-dealkylation sites (tertiary alicyclic amines) is 1. The Balaban J connectivity index is 2.03. The van der Waals surface area contributed by atoms with Crippen LogP contribution in [-0.4, -0.2) is 36.6 Å². The summed E-state index contributed by atoms with van der Waals surface area (Å²) in [4.78, 5) is 2.80. The van der Waals surface area contributed by atoms with Gasteiger partial charge in [0, 0.05) is 25.2 Å². The van der Waals surface area contributed by atoms with Gasteiger partial charge in [0.05, 0.1) is 0 Å². The first kappa shape index (κ1) is 15.3. The van der Waals surface area contributed by atoms with Crippen molar-refractivity contribution in [2.75, 3.05) is 19.6 Å². The maximum atomic E-state index is 3.82. The maximum absolute atomic E-state index is 3.82. The van der Waals surface area contributed by atoms with Gasteiger partial charge in [-0.25, -0.2) is 0 Å². The largest absolute Gasteiger partial charge is 0.312 e. The third kappa shape index (κ3) is 3.72. The molecule has 1 heterocycles. The summed E-state index contributed by atoms with van der Waals surface area (Å²) in [5, 5.41) is 3.82. The lowest BCUT2D eigenvalue weighted by Gasteiger charge is -2.45. The number of nitrogens with zero attached hydrogens (tertiary/aromatic N) is 1. The Morgan fingerprint density at radius 2 is 1.79 bits per heavy atom. The molecule has 4 unspecified atom stereocenters. The molecule has 0 bridgehead atoms. The molecule has 0 radical (unpaired) electrons. The Hall–Kier alpha value is -0.0800. The lowest BCUT2D eigenvalue weighted by molar-refractivity contribution is 0.0773. The molecule has 1 saturated heterocycles. The summed E-state index contributed by atoms with van der Waals surface area (Å²) in [6.45, 7) is 15.8. The van der Waals surface area contributed by atoms with Crippen LogP contribution in [0.5, 0.6) is 0 Å². The van der Waals surface area contributed by atoms with E-state index in [0.29, 0.717) is 5.41 Å². The first-order valence-electron chi connectivity index (χ1n) is 8.40. The normalized spacial score (nSPS) is 39.6.